The minimum absolute atomic E-state index is 0.759. The van der Waals surface area contributed by atoms with Crippen molar-refractivity contribution in [1.29, 1.82) is 0 Å². The van der Waals surface area contributed by atoms with E-state index < -0.39 is 0 Å². The number of nitrogens with zero attached hydrogens (tertiary/aromatic N) is 4. The van der Waals surface area contributed by atoms with Crippen LogP contribution in [0.2, 0.25) is 0 Å². The highest BCUT2D eigenvalue weighted by atomic mass is 15.1. The van der Waals surface area contributed by atoms with Gasteiger partial charge >= 0.3 is 0 Å². The second-order valence-electron chi connectivity index (χ2n) is 16.6. The summed E-state index contributed by atoms with van der Waals surface area (Å²) in [7, 11) is 2.91. The number of imidazole rings is 1. The molecule has 9 aromatic carbocycles. The van der Waals surface area contributed by atoms with Crippen molar-refractivity contribution in [2.45, 2.75) is 6.92 Å². The summed E-state index contributed by atoms with van der Waals surface area (Å²) in [6, 6.07) is 66.6. The van der Waals surface area contributed by atoms with E-state index in [1.165, 1.54) is 87.8 Å². The van der Waals surface area contributed by atoms with Crippen LogP contribution in [0.15, 0.2) is 182 Å². The highest BCUT2D eigenvalue weighted by Gasteiger charge is 2.31. The smallest absolute Gasteiger partial charge is 0.198 e. The predicted octanol–water partition coefficient (Wildman–Crippen LogP) is 12.0. The van der Waals surface area contributed by atoms with Crippen molar-refractivity contribution in [3.8, 4) is 33.9 Å². The summed E-state index contributed by atoms with van der Waals surface area (Å²) in [5.74, 6) is 0.967. The van der Waals surface area contributed by atoms with Crippen LogP contribution in [0, 0.1) is 6.92 Å². The molecule has 0 saturated heterocycles. The van der Waals surface area contributed by atoms with Gasteiger partial charge in [-0.15, -0.1) is 0 Å². The van der Waals surface area contributed by atoms with E-state index >= 15 is 0 Å². The van der Waals surface area contributed by atoms with Gasteiger partial charge in [-0.25, -0.2) is 4.98 Å². The predicted molar refractivity (Wildman–Crippen MR) is 259 cm³/mol. The van der Waals surface area contributed by atoms with Gasteiger partial charge in [-0.05, 0) is 71.9 Å². The van der Waals surface area contributed by atoms with E-state index in [0.717, 1.165) is 46.6 Å². The Kier molecular flexibility index (Phi) is 7.17. The molecule has 0 unspecified atom stereocenters. The molecule has 61 heavy (non-hydrogen) atoms. The van der Waals surface area contributed by atoms with E-state index in [1.807, 2.05) is 0 Å². The van der Waals surface area contributed by atoms with Gasteiger partial charge in [0.1, 0.15) is 5.82 Å². The molecule has 12 aromatic rings. The zero-order valence-electron chi connectivity index (χ0n) is 33.8. The molecule has 1 N–H and O–H groups in total. The van der Waals surface area contributed by atoms with Gasteiger partial charge in [-0.2, -0.15) is 0 Å². The van der Waals surface area contributed by atoms with Gasteiger partial charge in [-0.3, -0.25) is 0 Å². The van der Waals surface area contributed by atoms with Crippen LogP contribution in [-0.4, -0.2) is 26.0 Å². The molecular formula is C55H38BN5. The Bertz CT molecular complexity index is 3720. The average molecular weight is 780 g/mol. The van der Waals surface area contributed by atoms with Gasteiger partial charge in [0.2, 0.25) is 0 Å². The third-order valence-electron chi connectivity index (χ3n) is 13.1. The second-order valence-corrected chi connectivity index (χ2v) is 16.6. The van der Waals surface area contributed by atoms with E-state index in [2.05, 4.69) is 215 Å². The third kappa shape index (κ3) is 4.93. The van der Waals surface area contributed by atoms with Crippen LogP contribution < -0.4 is 16.2 Å². The van der Waals surface area contributed by atoms with Gasteiger partial charge in [-0.1, -0.05) is 144 Å². The summed E-state index contributed by atoms with van der Waals surface area (Å²) in [5, 5.41) is 11.3. The quantitative estimate of drug-likeness (QED) is 0.177. The van der Waals surface area contributed by atoms with Gasteiger partial charge in [0.05, 0.1) is 38.8 Å². The number of benzene rings is 9. The number of hydrogen-bond donors (Lipinski definition) is 1. The van der Waals surface area contributed by atoms with Crippen molar-refractivity contribution in [3.63, 3.8) is 0 Å². The van der Waals surface area contributed by atoms with E-state index in [1.54, 1.807) is 0 Å². The Hall–Kier alpha value is -7.83. The summed E-state index contributed by atoms with van der Waals surface area (Å²) >= 11 is 0. The SMILES string of the molecule is Cc1ccc(Nc2ccccc2-c2cc(-n3c4ccccc4c4ccccc43)c3c4ccc5ccccc5c4n4c3c2Bc2cc3nc(-c5ccccc5)n(C)c3cc2-4)cc1. The fourth-order valence-electron chi connectivity index (χ4n) is 10.3. The molecule has 0 amide bonds. The topological polar surface area (TPSA) is 39.7 Å². The number of rotatable bonds is 5. The van der Waals surface area contributed by atoms with Gasteiger partial charge in [0.25, 0.3) is 0 Å². The Balaban J connectivity index is 1.21. The van der Waals surface area contributed by atoms with E-state index in [0.29, 0.717) is 0 Å². The molecule has 0 saturated carbocycles. The monoisotopic (exact) mass is 779 g/mol. The maximum atomic E-state index is 5.29. The van der Waals surface area contributed by atoms with Crippen LogP contribution in [0.25, 0.3) is 99.3 Å². The average Bonchev–Trinajstić information content (AvgIpc) is 3.95. The van der Waals surface area contributed by atoms with Crippen LogP contribution in [0.3, 0.4) is 0 Å². The molecule has 3 aromatic heterocycles. The summed E-state index contributed by atoms with van der Waals surface area (Å²) in [6.07, 6.45) is 0. The number of para-hydroxylation sites is 3. The van der Waals surface area contributed by atoms with Crippen LogP contribution in [-0.2, 0) is 7.05 Å². The largest absolute Gasteiger partial charge is 0.355 e. The molecule has 0 spiro atoms. The first-order valence-corrected chi connectivity index (χ1v) is 21.1. The molecule has 6 heteroatoms. The van der Waals surface area contributed by atoms with Crippen molar-refractivity contribution in [1.82, 2.24) is 18.7 Å². The van der Waals surface area contributed by atoms with Gasteiger partial charge < -0.3 is 19.0 Å². The first-order chi connectivity index (χ1) is 30.1. The van der Waals surface area contributed by atoms with Crippen molar-refractivity contribution < 1.29 is 0 Å². The lowest BCUT2D eigenvalue weighted by Crippen LogP contribution is -2.37. The lowest BCUT2D eigenvalue weighted by atomic mass is 9.59. The Labute approximate surface area is 353 Å². The number of anilines is 2. The first kappa shape index (κ1) is 34.1. The second kappa shape index (κ2) is 12.8. The molecule has 0 fully saturated rings. The highest BCUT2D eigenvalue weighted by molar-refractivity contribution is 6.74. The fraction of sp³-hybridized carbons (Fsp3) is 0.0364. The highest BCUT2D eigenvalue weighted by Crippen LogP contribution is 2.45. The summed E-state index contributed by atoms with van der Waals surface area (Å²) in [4.78, 5) is 5.29. The van der Waals surface area contributed by atoms with Gasteiger partial charge in [0, 0.05) is 62.2 Å². The minimum Gasteiger partial charge on any atom is -0.355 e. The molecule has 13 rings (SSSR count). The molecule has 0 aliphatic carbocycles. The standard InChI is InChI=1S/C55H38BN5/c1-33-24-27-36(28-25-33)57-44-21-11-8-18-38(44)42-30-50(60-46-22-12-9-19-39(46)40-20-10-13-23-47(40)60)51-41-29-26-34-14-6-7-17-37(34)53(41)61-48-32-49-45(31-43(48)56-52(42)54(51)61)58-55(59(49)2)35-15-4-3-5-16-35/h3-32,56-57H,1-2H3. The van der Waals surface area contributed by atoms with Crippen LogP contribution in [0.5, 0.6) is 0 Å². The fourth-order valence-corrected chi connectivity index (χ4v) is 10.3. The van der Waals surface area contributed by atoms with Crippen LogP contribution in [0.4, 0.5) is 11.4 Å². The molecule has 0 bridgehead atoms. The molecule has 4 heterocycles. The van der Waals surface area contributed by atoms with Gasteiger partial charge in [0.15, 0.2) is 7.28 Å². The van der Waals surface area contributed by atoms with E-state index in [-0.39, 0.29) is 0 Å². The Morgan fingerprint density at radius 3 is 2.00 bits per heavy atom. The molecule has 0 radical (unpaired) electrons. The number of nitrogens with one attached hydrogen (secondary N) is 1. The first-order valence-electron chi connectivity index (χ1n) is 21.1. The molecule has 0 atom stereocenters. The van der Waals surface area contributed by atoms with E-state index in [4.69, 9.17) is 4.98 Å². The number of aromatic nitrogens is 4. The third-order valence-corrected chi connectivity index (χ3v) is 13.1. The maximum Gasteiger partial charge on any atom is 0.198 e. The van der Waals surface area contributed by atoms with Crippen LogP contribution >= 0.6 is 0 Å². The van der Waals surface area contributed by atoms with Crippen molar-refractivity contribution in [2.24, 2.45) is 7.05 Å². The van der Waals surface area contributed by atoms with Crippen molar-refractivity contribution in [2.75, 3.05) is 5.32 Å². The summed E-state index contributed by atoms with van der Waals surface area (Å²) in [6.45, 7) is 2.13. The molecule has 1 aliphatic heterocycles. The van der Waals surface area contributed by atoms with E-state index in [9.17, 15) is 0 Å². The number of fused-ring (bicyclic) bond motifs is 11. The van der Waals surface area contributed by atoms with Crippen molar-refractivity contribution >= 4 is 95.0 Å². The molecular weight excluding hydrogens is 741 g/mol. The minimum atomic E-state index is 0.759. The molecule has 286 valence electrons. The molecule has 1 aliphatic rings. The van der Waals surface area contributed by atoms with Crippen LogP contribution in [0.1, 0.15) is 5.56 Å². The van der Waals surface area contributed by atoms with Crippen molar-refractivity contribution in [3.05, 3.63) is 188 Å². The lowest BCUT2D eigenvalue weighted by molar-refractivity contribution is 0.958. The normalized spacial score (nSPS) is 12.2. The summed E-state index contributed by atoms with van der Waals surface area (Å²) < 4.78 is 7.38. The Morgan fingerprint density at radius 2 is 1.21 bits per heavy atom. The molecule has 5 nitrogen and oxygen atoms in total. The zero-order valence-corrected chi connectivity index (χ0v) is 33.8. The zero-order chi connectivity index (χ0) is 40.3. The summed E-state index contributed by atoms with van der Waals surface area (Å²) in [5.41, 5.74) is 18.8. The maximum absolute atomic E-state index is 5.29. The number of hydrogen-bond acceptors (Lipinski definition) is 2. The Morgan fingerprint density at radius 1 is 0.525 bits per heavy atom. The lowest BCUT2D eigenvalue weighted by Gasteiger charge is -2.25. The number of aryl methyl sites for hydroxylation is 2.